The standard InChI is InChI=1S/C12H13N3OS/c1-3-7-16-11-6-4-5-10(8-11)15-12(17-2)14-9-13/h3-6,8H,1,7H2,2H3,(H,14,15). The molecule has 0 saturated heterocycles. The van der Waals surface area contributed by atoms with Crippen LogP contribution in [-0.2, 0) is 0 Å². The molecule has 0 fully saturated rings. The van der Waals surface area contributed by atoms with Crippen molar-refractivity contribution >= 4 is 22.6 Å². The Bertz CT molecular complexity index is 451. The van der Waals surface area contributed by atoms with Crippen molar-refractivity contribution in [2.75, 3.05) is 12.9 Å². The Morgan fingerprint density at radius 2 is 2.53 bits per heavy atom. The number of rotatable bonds is 4. The maximum absolute atomic E-state index is 8.53. The van der Waals surface area contributed by atoms with Gasteiger partial charge >= 0.3 is 0 Å². The largest absolute Gasteiger partial charge is 0.489 e. The number of nitrogens with zero attached hydrogens (tertiary/aromatic N) is 2. The van der Waals surface area contributed by atoms with Gasteiger partial charge in [-0.05, 0) is 18.4 Å². The summed E-state index contributed by atoms with van der Waals surface area (Å²) >= 11 is 1.37. The van der Waals surface area contributed by atoms with Gasteiger partial charge in [-0.2, -0.15) is 5.26 Å². The van der Waals surface area contributed by atoms with Crippen LogP contribution in [0.3, 0.4) is 0 Å². The number of amidine groups is 1. The van der Waals surface area contributed by atoms with Gasteiger partial charge in [-0.1, -0.05) is 30.5 Å². The summed E-state index contributed by atoms with van der Waals surface area (Å²) in [4.78, 5) is 4.28. The molecule has 0 aliphatic carbocycles. The van der Waals surface area contributed by atoms with Crippen LogP contribution in [0.15, 0.2) is 41.9 Å². The summed E-state index contributed by atoms with van der Waals surface area (Å²) < 4.78 is 5.39. The van der Waals surface area contributed by atoms with Gasteiger partial charge < -0.3 is 4.74 Å². The maximum Gasteiger partial charge on any atom is 0.183 e. The molecule has 1 N–H and O–H groups in total. The van der Waals surface area contributed by atoms with Crippen LogP contribution >= 0.6 is 11.8 Å². The first-order valence-electron chi connectivity index (χ1n) is 4.91. The average Bonchev–Trinajstić information content (AvgIpc) is 2.36. The minimum atomic E-state index is 0.457. The van der Waals surface area contributed by atoms with Crippen LogP contribution in [0.1, 0.15) is 0 Å². The minimum Gasteiger partial charge on any atom is -0.489 e. The lowest BCUT2D eigenvalue weighted by atomic mass is 10.3. The molecule has 1 aromatic carbocycles. The highest BCUT2D eigenvalue weighted by atomic mass is 32.2. The quantitative estimate of drug-likeness (QED) is 0.292. The number of benzene rings is 1. The smallest absolute Gasteiger partial charge is 0.183 e. The Kier molecular flexibility index (Phi) is 5.69. The number of thioether (sulfide) groups is 1. The molecule has 88 valence electrons. The summed E-state index contributed by atoms with van der Waals surface area (Å²) in [5.74, 6) is 0.726. The van der Waals surface area contributed by atoms with E-state index in [2.05, 4.69) is 16.9 Å². The molecule has 1 rings (SSSR count). The van der Waals surface area contributed by atoms with Crippen molar-refractivity contribution in [1.82, 2.24) is 5.32 Å². The van der Waals surface area contributed by atoms with Crippen molar-refractivity contribution in [3.05, 3.63) is 36.9 Å². The highest BCUT2D eigenvalue weighted by Crippen LogP contribution is 2.20. The van der Waals surface area contributed by atoms with Gasteiger partial charge in [0.05, 0.1) is 5.69 Å². The summed E-state index contributed by atoms with van der Waals surface area (Å²) in [6, 6.07) is 7.34. The summed E-state index contributed by atoms with van der Waals surface area (Å²) in [5, 5.41) is 11.6. The number of nitrogens with one attached hydrogen (secondary N) is 1. The van der Waals surface area contributed by atoms with E-state index < -0.39 is 0 Å². The van der Waals surface area contributed by atoms with Crippen LogP contribution in [0.2, 0.25) is 0 Å². The van der Waals surface area contributed by atoms with Crippen molar-refractivity contribution in [3.63, 3.8) is 0 Å². The second-order valence-corrected chi connectivity index (χ2v) is 3.75. The molecule has 0 heterocycles. The zero-order valence-corrected chi connectivity index (χ0v) is 10.3. The second-order valence-electron chi connectivity index (χ2n) is 2.95. The third-order valence-corrected chi connectivity index (χ3v) is 2.35. The first kappa shape index (κ1) is 13.1. The Balaban J connectivity index is 2.83. The van der Waals surface area contributed by atoms with Crippen LogP contribution in [0.25, 0.3) is 0 Å². The molecule has 0 unspecified atom stereocenters. The van der Waals surface area contributed by atoms with Gasteiger partial charge in [-0.15, -0.1) is 0 Å². The Morgan fingerprint density at radius 3 is 3.18 bits per heavy atom. The number of nitriles is 1. The average molecular weight is 247 g/mol. The predicted molar refractivity (Wildman–Crippen MR) is 71.5 cm³/mol. The fraction of sp³-hybridized carbons (Fsp3) is 0.167. The fourth-order valence-corrected chi connectivity index (χ4v) is 1.43. The molecule has 4 nitrogen and oxygen atoms in total. The Labute approximate surface area is 105 Å². The van der Waals surface area contributed by atoms with Gasteiger partial charge in [0.1, 0.15) is 12.4 Å². The van der Waals surface area contributed by atoms with E-state index in [1.807, 2.05) is 30.6 Å². The second kappa shape index (κ2) is 7.36. The number of ether oxygens (including phenoxy) is 1. The highest BCUT2D eigenvalue weighted by Gasteiger charge is 1.98. The number of hydrogen-bond acceptors (Lipinski definition) is 4. The van der Waals surface area contributed by atoms with E-state index in [0.29, 0.717) is 11.8 Å². The van der Waals surface area contributed by atoms with Crippen LogP contribution in [0, 0.1) is 11.5 Å². The minimum absolute atomic E-state index is 0.457. The molecule has 0 atom stereocenters. The summed E-state index contributed by atoms with van der Waals surface area (Å²) in [5.41, 5.74) is 0.735. The third-order valence-electron chi connectivity index (χ3n) is 1.77. The van der Waals surface area contributed by atoms with E-state index in [4.69, 9.17) is 10.00 Å². The molecule has 0 spiro atoms. The molecule has 0 amide bonds. The zero-order chi connectivity index (χ0) is 12.5. The zero-order valence-electron chi connectivity index (χ0n) is 9.51. The lowest BCUT2D eigenvalue weighted by Crippen LogP contribution is -2.12. The molecular weight excluding hydrogens is 234 g/mol. The van der Waals surface area contributed by atoms with Crippen molar-refractivity contribution in [3.8, 4) is 11.9 Å². The predicted octanol–water partition coefficient (Wildman–Crippen LogP) is 2.67. The van der Waals surface area contributed by atoms with Gasteiger partial charge in [0, 0.05) is 6.07 Å². The Hall–Kier alpha value is -1.93. The van der Waals surface area contributed by atoms with Gasteiger partial charge in [0.15, 0.2) is 11.4 Å². The van der Waals surface area contributed by atoms with Crippen molar-refractivity contribution < 1.29 is 4.74 Å². The molecule has 5 heteroatoms. The van der Waals surface area contributed by atoms with Crippen molar-refractivity contribution in [2.24, 2.45) is 4.99 Å². The van der Waals surface area contributed by atoms with E-state index >= 15 is 0 Å². The van der Waals surface area contributed by atoms with Gasteiger partial charge in [-0.3, -0.25) is 5.32 Å². The molecule has 17 heavy (non-hydrogen) atoms. The molecule has 0 saturated carbocycles. The lowest BCUT2D eigenvalue weighted by molar-refractivity contribution is 0.363. The molecular formula is C12H13N3OS. The van der Waals surface area contributed by atoms with Gasteiger partial charge in [0.25, 0.3) is 0 Å². The van der Waals surface area contributed by atoms with Crippen LogP contribution in [0.4, 0.5) is 5.69 Å². The van der Waals surface area contributed by atoms with Crippen LogP contribution in [-0.4, -0.2) is 18.0 Å². The highest BCUT2D eigenvalue weighted by molar-refractivity contribution is 8.13. The van der Waals surface area contributed by atoms with E-state index in [1.165, 1.54) is 11.8 Å². The molecule has 1 aromatic rings. The number of hydrogen-bond donors (Lipinski definition) is 1. The van der Waals surface area contributed by atoms with Gasteiger partial charge in [0.2, 0.25) is 0 Å². The first-order chi connectivity index (χ1) is 8.30. The lowest BCUT2D eigenvalue weighted by Gasteiger charge is -2.04. The Morgan fingerprint density at radius 1 is 1.71 bits per heavy atom. The fourth-order valence-electron chi connectivity index (χ4n) is 1.09. The molecule has 0 aromatic heterocycles. The molecule has 0 aliphatic heterocycles. The van der Waals surface area contributed by atoms with E-state index in [-0.39, 0.29) is 0 Å². The van der Waals surface area contributed by atoms with Crippen LogP contribution in [0.5, 0.6) is 5.75 Å². The first-order valence-corrected chi connectivity index (χ1v) is 6.14. The van der Waals surface area contributed by atoms with Crippen LogP contribution < -0.4 is 10.1 Å². The van der Waals surface area contributed by atoms with E-state index in [9.17, 15) is 0 Å². The monoisotopic (exact) mass is 247 g/mol. The van der Waals surface area contributed by atoms with E-state index in [1.54, 1.807) is 12.1 Å². The molecule has 0 bridgehead atoms. The topological polar surface area (TPSA) is 57.4 Å². The SMILES string of the molecule is C=CCOc1cccc(N=C(NC#N)SC)c1. The van der Waals surface area contributed by atoms with Crippen molar-refractivity contribution in [1.29, 1.82) is 5.26 Å². The molecule has 0 radical (unpaired) electrons. The number of aliphatic imine (C=N–C) groups is 1. The summed E-state index contributed by atoms with van der Waals surface area (Å²) in [7, 11) is 0. The molecule has 0 aliphatic rings. The summed E-state index contributed by atoms with van der Waals surface area (Å²) in [6.45, 7) is 4.04. The summed E-state index contributed by atoms with van der Waals surface area (Å²) in [6.07, 6.45) is 5.37. The van der Waals surface area contributed by atoms with Gasteiger partial charge in [-0.25, -0.2) is 4.99 Å². The van der Waals surface area contributed by atoms with Crippen molar-refractivity contribution in [2.45, 2.75) is 0 Å². The van der Waals surface area contributed by atoms with E-state index in [0.717, 1.165) is 11.4 Å². The maximum atomic E-state index is 8.53. The normalized spacial score (nSPS) is 10.5. The third kappa shape index (κ3) is 4.62.